The minimum atomic E-state index is -1.84. The molecule has 30 heavy (non-hydrogen) atoms. The van der Waals surface area contributed by atoms with Crippen LogP contribution in [0, 0.1) is 13.8 Å². The van der Waals surface area contributed by atoms with Gasteiger partial charge in [-0.3, -0.25) is 14.5 Å². The number of aryl methyl sites for hydroxylation is 2. The molecule has 6 heteroatoms. The lowest BCUT2D eigenvalue weighted by atomic mass is 9.87. The van der Waals surface area contributed by atoms with E-state index in [1.54, 1.807) is 48.5 Å². The SMILES string of the molecule is Cc1ccc([C@@]2(O)C(=O)N(CC(=O)Nc3cc(Cl)ccc3C)c3ccccc32)cc1. The Morgan fingerprint density at radius 2 is 1.77 bits per heavy atom. The Morgan fingerprint density at radius 3 is 2.50 bits per heavy atom. The first-order valence-electron chi connectivity index (χ1n) is 9.57. The maximum absolute atomic E-state index is 13.4. The third kappa shape index (κ3) is 3.36. The molecule has 0 spiro atoms. The average molecular weight is 421 g/mol. The van der Waals surface area contributed by atoms with Gasteiger partial charge in [0.2, 0.25) is 5.91 Å². The molecule has 2 N–H and O–H groups in total. The number of benzene rings is 3. The summed E-state index contributed by atoms with van der Waals surface area (Å²) >= 11 is 6.03. The number of rotatable bonds is 4. The van der Waals surface area contributed by atoms with Crippen LogP contribution in [0.1, 0.15) is 22.3 Å². The lowest BCUT2D eigenvalue weighted by Gasteiger charge is -2.23. The predicted molar refractivity (Wildman–Crippen MR) is 118 cm³/mol. The van der Waals surface area contributed by atoms with E-state index >= 15 is 0 Å². The Hall–Kier alpha value is -3.15. The molecule has 3 aromatic carbocycles. The summed E-state index contributed by atoms with van der Waals surface area (Å²) in [6.07, 6.45) is 0. The molecule has 0 fully saturated rings. The lowest BCUT2D eigenvalue weighted by Crippen LogP contribution is -2.44. The number of nitrogens with one attached hydrogen (secondary N) is 1. The smallest absolute Gasteiger partial charge is 0.268 e. The summed E-state index contributed by atoms with van der Waals surface area (Å²) in [7, 11) is 0. The molecule has 1 heterocycles. The number of anilines is 2. The third-order valence-corrected chi connectivity index (χ3v) is 5.62. The fourth-order valence-corrected chi connectivity index (χ4v) is 3.90. The zero-order chi connectivity index (χ0) is 21.5. The Morgan fingerprint density at radius 1 is 1.07 bits per heavy atom. The highest BCUT2D eigenvalue weighted by molar-refractivity contribution is 6.31. The van der Waals surface area contributed by atoms with Crippen LogP contribution in [0.2, 0.25) is 5.02 Å². The van der Waals surface area contributed by atoms with Crippen LogP contribution < -0.4 is 10.2 Å². The van der Waals surface area contributed by atoms with Gasteiger partial charge in [0.05, 0.1) is 5.69 Å². The largest absolute Gasteiger partial charge is 0.372 e. The summed E-state index contributed by atoms with van der Waals surface area (Å²) in [5, 5.41) is 14.8. The Kier molecular flexibility index (Phi) is 5.10. The van der Waals surface area contributed by atoms with Crippen molar-refractivity contribution in [2.24, 2.45) is 0 Å². The Balaban J connectivity index is 1.66. The first-order valence-corrected chi connectivity index (χ1v) is 9.95. The van der Waals surface area contributed by atoms with Gasteiger partial charge in [0, 0.05) is 16.3 Å². The molecule has 0 saturated carbocycles. The highest BCUT2D eigenvalue weighted by Crippen LogP contribution is 2.44. The zero-order valence-corrected chi connectivity index (χ0v) is 17.4. The summed E-state index contributed by atoms with van der Waals surface area (Å²) in [5.74, 6) is -0.929. The number of hydrogen-bond acceptors (Lipinski definition) is 3. The molecule has 1 aliphatic heterocycles. The van der Waals surface area contributed by atoms with Gasteiger partial charge in [-0.05, 0) is 43.2 Å². The minimum absolute atomic E-state index is 0.226. The summed E-state index contributed by atoms with van der Waals surface area (Å²) in [5.41, 5.74) is 2.08. The molecule has 5 nitrogen and oxygen atoms in total. The highest BCUT2D eigenvalue weighted by Gasteiger charge is 2.51. The number of fused-ring (bicyclic) bond motifs is 1. The molecule has 0 saturated heterocycles. The molecule has 0 bridgehead atoms. The first-order chi connectivity index (χ1) is 14.3. The van der Waals surface area contributed by atoms with E-state index in [-0.39, 0.29) is 12.5 Å². The van der Waals surface area contributed by atoms with Crippen molar-refractivity contribution < 1.29 is 14.7 Å². The van der Waals surface area contributed by atoms with Crippen LogP contribution in [0.25, 0.3) is 0 Å². The van der Waals surface area contributed by atoms with Crippen molar-refractivity contribution in [1.29, 1.82) is 0 Å². The summed E-state index contributed by atoms with van der Waals surface area (Å²) in [6, 6.07) is 19.4. The average Bonchev–Trinajstić information content (AvgIpc) is 2.94. The maximum atomic E-state index is 13.4. The third-order valence-electron chi connectivity index (χ3n) is 5.38. The van der Waals surface area contributed by atoms with Crippen molar-refractivity contribution in [2.75, 3.05) is 16.8 Å². The van der Waals surface area contributed by atoms with E-state index in [1.807, 2.05) is 32.0 Å². The van der Waals surface area contributed by atoms with Crippen LogP contribution in [0.3, 0.4) is 0 Å². The Labute approximate surface area is 179 Å². The van der Waals surface area contributed by atoms with Crippen molar-refractivity contribution in [3.05, 3.63) is 94.0 Å². The van der Waals surface area contributed by atoms with E-state index in [0.717, 1.165) is 11.1 Å². The zero-order valence-electron chi connectivity index (χ0n) is 16.6. The van der Waals surface area contributed by atoms with Crippen LogP contribution >= 0.6 is 11.6 Å². The predicted octanol–water partition coefficient (Wildman–Crippen LogP) is 4.18. The number of halogens is 1. The summed E-state index contributed by atoms with van der Waals surface area (Å²) in [4.78, 5) is 27.4. The standard InChI is InChI=1S/C24H21ClN2O3/c1-15-7-10-17(11-8-15)24(30)19-5-3-4-6-21(19)27(23(24)29)14-22(28)26-20-13-18(25)12-9-16(20)2/h3-13,30H,14H2,1-2H3,(H,26,28)/t24-/m0/s1. The van der Waals surface area contributed by atoms with Crippen molar-refractivity contribution in [3.8, 4) is 0 Å². The van der Waals surface area contributed by atoms with Gasteiger partial charge >= 0.3 is 0 Å². The second-order valence-corrected chi connectivity index (χ2v) is 7.93. The van der Waals surface area contributed by atoms with E-state index < -0.39 is 11.5 Å². The van der Waals surface area contributed by atoms with Gasteiger partial charge < -0.3 is 10.4 Å². The number of hydrogen-bond donors (Lipinski definition) is 2. The van der Waals surface area contributed by atoms with Crippen LogP contribution in [0.5, 0.6) is 0 Å². The van der Waals surface area contributed by atoms with Crippen LogP contribution in [-0.4, -0.2) is 23.5 Å². The highest BCUT2D eigenvalue weighted by atomic mass is 35.5. The van der Waals surface area contributed by atoms with Crippen molar-refractivity contribution >= 4 is 34.8 Å². The van der Waals surface area contributed by atoms with Gasteiger partial charge in [-0.2, -0.15) is 0 Å². The number of amides is 2. The van der Waals surface area contributed by atoms with Gasteiger partial charge in [-0.25, -0.2) is 0 Å². The minimum Gasteiger partial charge on any atom is -0.372 e. The molecule has 1 aliphatic rings. The molecule has 152 valence electrons. The molecule has 0 unspecified atom stereocenters. The topological polar surface area (TPSA) is 69.6 Å². The first kappa shape index (κ1) is 20.1. The molecular formula is C24H21ClN2O3. The van der Waals surface area contributed by atoms with E-state index in [1.165, 1.54) is 4.90 Å². The quantitative estimate of drug-likeness (QED) is 0.665. The Bertz CT molecular complexity index is 1140. The van der Waals surface area contributed by atoms with E-state index in [9.17, 15) is 14.7 Å². The lowest BCUT2D eigenvalue weighted by molar-refractivity contribution is -0.133. The fourth-order valence-electron chi connectivity index (χ4n) is 3.73. The number of carbonyl (C=O) groups is 2. The maximum Gasteiger partial charge on any atom is 0.268 e. The second kappa shape index (κ2) is 7.59. The summed E-state index contributed by atoms with van der Waals surface area (Å²) < 4.78 is 0. The molecule has 3 aromatic rings. The van der Waals surface area contributed by atoms with Gasteiger partial charge in [0.25, 0.3) is 5.91 Å². The number of carbonyl (C=O) groups excluding carboxylic acids is 2. The van der Waals surface area contributed by atoms with E-state index in [4.69, 9.17) is 11.6 Å². The summed E-state index contributed by atoms with van der Waals surface area (Å²) in [6.45, 7) is 3.57. The van der Waals surface area contributed by atoms with E-state index in [2.05, 4.69) is 5.32 Å². The van der Waals surface area contributed by atoms with Crippen LogP contribution in [0.4, 0.5) is 11.4 Å². The second-order valence-electron chi connectivity index (χ2n) is 7.49. The monoisotopic (exact) mass is 420 g/mol. The molecule has 0 radical (unpaired) electrons. The van der Waals surface area contributed by atoms with Crippen molar-refractivity contribution in [1.82, 2.24) is 0 Å². The van der Waals surface area contributed by atoms with Crippen molar-refractivity contribution in [3.63, 3.8) is 0 Å². The molecular weight excluding hydrogens is 400 g/mol. The van der Waals surface area contributed by atoms with E-state index in [0.29, 0.717) is 27.5 Å². The van der Waals surface area contributed by atoms with Gasteiger partial charge in [0.1, 0.15) is 6.54 Å². The molecule has 1 atom stereocenters. The fraction of sp³-hybridized carbons (Fsp3) is 0.167. The van der Waals surface area contributed by atoms with Crippen LogP contribution in [-0.2, 0) is 15.2 Å². The van der Waals surface area contributed by atoms with Gasteiger partial charge in [0.15, 0.2) is 5.60 Å². The number of para-hydroxylation sites is 1. The van der Waals surface area contributed by atoms with Crippen molar-refractivity contribution in [2.45, 2.75) is 19.4 Å². The molecule has 4 rings (SSSR count). The molecule has 0 aliphatic carbocycles. The number of aliphatic hydroxyl groups is 1. The normalized spacial score (nSPS) is 17.7. The van der Waals surface area contributed by atoms with Gasteiger partial charge in [-0.15, -0.1) is 0 Å². The van der Waals surface area contributed by atoms with Crippen LogP contribution in [0.15, 0.2) is 66.7 Å². The number of nitrogens with zero attached hydrogens (tertiary/aromatic N) is 1. The molecule has 2 amide bonds. The van der Waals surface area contributed by atoms with Gasteiger partial charge in [-0.1, -0.05) is 65.7 Å². The molecule has 0 aromatic heterocycles.